The summed E-state index contributed by atoms with van der Waals surface area (Å²) in [6.07, 6.45) is -9.00. The van der Waals surface area contributed by atoms with Crippen molar-refractivity contribution in [3.8, 4) is 0 Å². The van der Waals surface area contributed by atoms with E-state index in [0.29, 0.717) is 0 Å². The van der Waals surface area contributed by atoms with E-state index in [1.165, 1.54) is 20.8 Å². The highest BCUT2D eigenvalue weighted by Crippen LogP contribution is 2.32. The van der Waals surface area contributed by atoms with Gasteiger partial charge in [0.25, 0.3) is 0 Å². The summed E-state index contributed by atoms with van der Waals surface area (Å²) in [5, 5.41) is 11.4. The van der Waals surface area contributed by atoms with Gasteiger partial charge in [0.2, 0.25) is 0 Å². The summed E-state index contributed by atoms with van der Waals surface area (Å²) < 4.78 is 53.9. The Bertz CT molecular complexity index is 1540. The lowest BCUT2D eigenvalue weighted by Gasteiger charge is -2.45. The van der Waals surface area contributed by atoms with Crippen molar-refractivity contribution in [2.45, 2.75) is 102 Å². The van der Waals surface area contributed by atoms with Gasteiger partial charge in [-0.3, -0.25) is 14.4 Å². The molecule has 2 aliphatic heterocycles. The van der Waals surface area contributed by atoms with Crippen molar-refractivity contribution in [1.29, 1.82) is 0 Å². The molecule has 2 heterocycles. The predicted molar refractivity (Wildman–Crippen MR) is 183 cm³/mol. The number of benzene rings is 3. The van der Waals surface area contributed by atoms with E-state index in [0.717, 1.165) is 16.7 Å². The van der Waals surface area contributed by atoms with Crippen molar-refractivity contribution in [1.82, 2.24) is 0 Å². The van der Waals surface area contributed by atoms with Gasteiger partial charge in [-0.25, -0.2) is 0 Å². The summed E-state index contributed by atoms with van der Waals surface area (Å²) in [5.41, 5.74) is 2.71. The molecule has 2 saturated heterocycles. The third-order valence-electron chi connectivity index (χ3n) is 8.47. The molecule has 0 amide bonds. The van der Waals surface area contributed by atoms with Crippen LogP contribution in [0.4, 0.5) is 0 Å². The van der Waals surface area contributed by atoms with Gasteiger partial charge in [0.05, 0.1) is 26.4 Å². The Balaban J connectivity index is 1.38. The molecule has 2 fully saturated rings. The zero-order chi connectivity index (χ0) is 36.9. The molecular weight excluding hydrogens is 676 g/mol. The van der Waals surface area contributed by atoms with Crippen molar-refractivity contribution in [2.24, 2.45) is 0 Å². The molecule has 0 radical (unpaired) electrons. The van der Waals surface area contributed by atoms with Crippen LogP contribution in [0.3, 0.4) is 0 Å². The van der Waals surface area contributed by atoms with Crippen LogP contribution in [-0.2, 0) is 76.8 Å². The van der Waals surface area contributed by atoms with Crippen LogP contribution >= 0.6 is 0 Å². The second-order valence-corrected chi connectivity index (χ2v) is 12.5. The summed E-state index contributed by atoms with van der Waals surface area (Å²) >= 11 is 0. The van der Waals surface area contributed by atoms with Crippen molar-refractivity contribution in [2.75, 3.05) is 13.2 Å². The Morgan fingerprint density at radius 2 is 1.06 bits per heavy atom. The summed E-state index contributed by atoms with van der Waals surface area (Å²) in [6.45, 7) is 3.81. The lowest BCUT2D eigenvalue weighted by Crippen LogP contribution is -2.61. The third kappa shape index (κ3) is 11.7. The molecule has 0 bridgehead atoms. The number of esters is 3. The van der Waals surface area contributed by atoms with Crippen molar-refractivity contribution in [3.63, 3.8) is 0 Å². The van der Waals surface area contributed by atoms with Gasteiger partial charge in [-0.15, -0.1) is 0 Å². The lowest BCUT2D eigenvalue weighted by atomic mass is 9.97. The fourth-order valence-electron chi connectivity index (χ4n) is 6.10. The Hall–Kier alpha value is -4.21. The van der Waals surface area contributed by atoms with E-state index in [4.69, 9.17) is 42.6 Å². The Morgan fingerprint density at radius 3 is 1.56 bits per heavy atom. The number of hydrogen-bond donors (Lipinski definition) is 1. The molecule has 52 heavy (non-hydrogen) atoms. The molecule has 13 heteroatoms. The number of rotatable bonds is 16. The van der Waals surface area contributed by atoms with Crippen LogP contribution in [0, 0.1) is 0 Å². The maximum atomic E-state index is 12.1. The minimum Gasteiger partial charge on any atom is -0.463 e. The van der Waals surface area contributed by atoms with Gasteiger partial charge in [-0.1, -0.05) is 91.0 Å². The van der Waals surface area contributed by atoms with Gasteiger partial charge in [0.1, 0.15) is 43.2 Å². The average molecular weight is 723 g/mol. The Morgan fingerprint density at radius 1 is 0.577 bits per heavy atom. The molecule has 3 aromatic carbocycles. The van der Waals surface area contributed by atoms with E-state index in [-0.39, 0.29) is 39.5 Å². The van der Waals surface area contributed by atoms with Crippen LogP contribution in [0.1, 0.15) is 43.9 Å². The fraction of sp³-hybridized carbons (Fsp3) is 0.462. The van der Waals surface area contributed by atoms with E-state index in [1.54, 1.807) is 0 Å². The number of hydrogen-bond acceptors (Lipinski definition) is 13. The zero-order valence-electron chi connectivity index (χ0n) is 29.4. The molecule has 0 spiro atoms. The van der Waals surface area contributed by atoms with Crippen molar-refractivity contribution in [3.05, 3.63) is 108 Å². The maximum Gasteiger partial charge on any atom is 0.303 e. The molecular formula is C39H46O13. The topological polar surface area (TPSA) is 155 Å². The monoisotopic (exact) mass is 722 g/mol. The summed E-state index contributed by atoms with van der Waals surface area (Å²) in [4.78, 5) is 35.7. The van der Waals surface area contributed by atoms with Crippen LogP contribution in [0.2, 0.25) is 0 Å². The number of aliphatic hydroxyl groups excluding tert-OH is 1. The fourth-order valence-corrected chi connectivity index (χ4v) is 6.10. The molecule has 0 aliphatic carbocycles. The number of carbonyl (C=O) groups excluding carboxylic acids is 3. The first-order chi connectivity index (χ1) is 25.2. The maximum absolute atomic E-state index is 12.1. The first kappa shape index (κ1) is 39.0. The van der Waals surface area contributed by atoms with Gasteiger partial charge < -0.3 is 47.7 Å². The molecule has 0 saturated carbocycles. The van der Waals surface area contributed by atoms with Gasteiger partial charge in [0, 0.05) is 27.2 Å². The highest BCUT2D eigenvalue weighted by atomic mass is 16.7. The second-order valence-electron chi connectivity index (χ2n) is 12.5. The predicted octanol–water partition coefficient (Wildman–Crippen LogP) is 4.02. The molecule has 280 valence electrons. The molecule has 2 aliphatic rings. The molecule has 4 unspecified atom stereocenters. The molecule has 3 aromatic rings. The smallest absolute Gasteiger partial charge is 0.303 e. The average Bonchev–Trinajstić information content (AvgIpc) is 3.13. The largest absolute Gasteiger partial charge is 0.463 e. The normalized spacial score (nSPS) is 27.3. The highest BCUT2D eigenvalue weighted by Gasteiger charge is 2.49. The molecule has 1 N–H and O–H groups in total. The van der Waals surface area contributed by atoms with Crippen molar-refractivity contribution >= 4 is 17.9 Å². The molecule has 9 atom stereocenters. The van der Waals surface area contributed by atoms with Crippen LogP contribution in [-0.4, -0.2) is 91.5 Å². The van der Waals surface area contributed by atoms with E-state index in [1.807, 2.05) is 91.0 Å². The lowest BCUT2D eigenvalue weighted by molar-refractivity contribution is -0.328. The van der Waals surface area contributed by atoms with Gasteiger partial charge in [-0.2, -0.15) is 0 Å². The second kappa shape index (κ2) is 19.6. The first-order valence-electron chi connectivity index (χ1n) is 17.2. The van der Waals surface area contributed by atoms with E-state index in [2.05, 4.69) is 0 Å². The van der Waals surface area contributed by atoms with Crippen LogP contribution in [0.5, 0.6) is 0 Å². The highest BCUT2D eigenvalue weighted by molar-refractivity contribution is 5.67. The van der Waals surface area contributed by atoms with Crippen LogP contribution in [0.15, 0.2) is 91.0 Å². The Kier molecular flexibility index (Phi) is 14.7. The summed E-state index contributed by atoms with van der Waals surface area (Å²) in [7, 11) is 0. The zero-order valence-corrected chi connectivity index (χ0v) is 29.4. The molecule has 13 nitrogen and oxygen atoms in total. The van der Waals surface area contributed by atoms with Crippen LogP contribution in [0.25, 0.3) is 0 Å². The first-order valence-corrected chi connectivity index (χ1v) is 17.2. The SMILES string of the molecule is CC(=O)OCC1O[C@@H](OCC2O[C@H](O)C(OCc3ccccc3)C(OCc3ccccc3)[C@@H]2OCc2ccccc2)C[C@@H](OC(C)=O)[C@H]1OC(C)=O. The summed E-state index contributed by atoms with van der Waals surface area (Å²) in [5.74, 6) is -1.82. The van der Waals surface area contributed by atoms with E-state index < -0.39 is 73.2 Å². The van der Waals surface area contributed by atoms with Gasteiger partial charge >= 0.3 is 17.9 Å². The Labute approximate surface area is 302 Å². The number of ether oxygens (including phenoxy) is 9. The molecule has 5 rings (SSSR count). The van der Waals surface area contributed by atoms with Crippen LogP contribution < -0.4 is 0 Å². The van der Waals surface area contributed by atoms with Gasteiger partial charge in [-0.05, 0) is 16.7 Å². The minimum atomic E-state index is -1.43. The minimum absolute atomic E-state index is 0.0182. The van der Waals surface area contributed by atoms with E-state index >= 15 is 0 Å². The van der Waals surface area contributed by atoms with Crippen molar-refractivity contribution < 1.29 is 62.1 Å². The summed E-state index contributed by atoms with van der Waals surface area (Å²) in [6, 6.07) is 28.8. The molecule has 0 aromatic heterocycles. The van der Waals surface area contributed by atoms with Gasteiger partial charge in [0.15, 0.2) is 18.7 Å². The quantitative estimate of drug-likeness (QED) is 0.167. The third-order valence-corrected chi connectivity index (χ3v) is 8.47. The number of aliphatic hydroxyl groups is 1. The standard InChI is InChI=1S/C39H46O13/c1-25(40)44-23-32-35(50-27(3)42)31(49-26(2)41)19-34(51-32)45-24-33-36(46-20-28-13-7-4-8-14-28)37(47-21-29-15-9-5-10-16-29)38(39(43)52-33)48-22-30-17-11-6-12-18-30/h4-18,31-39,43H,19-24H2,1-3H3/t31-,32?,33?,34-,35-,36-,37?,38?,39+/m1/s1. The van der Waals surface area contributed by atoms with E-state index in [9.17, 15) is 19.5 Å². The number of carbonyl (C=O) groups is 3.